The van der Waals surface area contributed by atoms with Gasteiger partial charge < -0.3 is 20.0 Å². The van der Waals surface area contributed by atoms with Gasteiger partial charge >= 0.3 is 0 Å². The van der Waals surface area contributed by atoms with Crippen LogP contribution in [-0.2, 0) is 4.79 Å². The topological polar surface area (TPSA) is 38.8 Å². The van der Waals surface area contributed by atoms with E-state index < -0.39 is 0 Å². The molecule has 5 nitrogen and oxygen atoms in total. The molecule has 2 heterocycles. The van der Waals surface area contributed by atoms with Crippen LogP contribution in [0.3, 0.4) is 0 Å². The lowest BCUT2D eigenvalue weighted by Gasteiger charge is -2.32. The van der Waals surface area contributed by atoms with Crippen LogP contribution in [0.5, 0.6) is 0 Å². The van der Waals surface area contributed by atoms with Crippen molar-refractivity contribution in [2.45, 2.75) is 19.8 Å². The maximum Gasteiger partial charge on any atom is 0.236 e. The van der Waals surface area contributed by atoms with Crippen molar-refractivity contribution in [1.82, 2.24) is 20.0 Å². The molecular weight excluding hydrogens is 252 g/mol. The summed E-state index contributed by atoms with van der Waals surface area (Å²) >= 11 is 0. The lowest BCUT2D eigenvalue weighted by molar-refractivity contribution is -0.131. The van der Waals surface area contributed by atoms with Crippen LogP contribution < -0.4 is 5.32 Å². The molecule has 0 spiro atoms. The Hall–Kier alpha value is -0.650. The molecule has 1 atom stereocenters. The summed E-state index contributed by atoms with van der Waals surface area (Å²) < 4.78 is 0. The smallest absolute Gasteiger partial charge is 0.236 e. The van der Waals surface area contributed by atoms with Gasteiger partial charge in [-0.2, -0.15) is 0 Å². The van der Waals surface area contributed by atoms with Gasteiger partial charge in [0.05, 0.1) is 6.54 Å². The van der Waals surface area contributed by atoms with E-state index in [1.54, 1.807) is 0 Å². The predicted octanol–water partition coefficient (Wildman–Crippen LogP) is 0.0819. The molecule has 2 aliphatic rings. The number of nitrogens with one attached hydrogen (secondary N) is 1. The Balaban J connectivity index is 1.56. The minimum absolute atomic E-state index is 0.256. The maximum atomic E-state index is 12.1. The van der Waals surface area contributed by atoms with E-state index in [1.165, 1.54) is 25.9 Å². The predicted molar refractivity (Wildman–Crippen MR) is 81.8 cm³/mol. The van der Waals surface area contributed by atoms with Crippen LogP contribution in [0.2, 0.25) is 0 Å². The third kappa shape index (κ3) is 5.04. The summed E-state index contributed by atoms with van der Waals surface area (Å²) in [7, 11) is 2.11. The molecule has 2 saturated heterocycles. The van der Waals surface area contributed by atoms with E-state index in [0.29, 0.717) is 12.5 Å². The van der Waals surface area contributed by atoms with Gasteiger partial charge in [0.25, 0.3) is 0 Å². The first-order valence-electron chi connectivity index (χ1n) is 8.04. The van der Waals surface area contributed by atoms with Gasteiger partial charge in [-0.3, -0.25) is 4.79 Å². The van der Waals surface area contributed by atoms with Gasteiger partial charge in [-0.25, -0.2) is 0 Å². The van der Waals surface area contributed by atoms with Crippen molar-refractivity contribution in [3.8, 4) is 0 Å². The summed E-state index contributed by atoms with van der Waals surface area (Å²) in [5.74, 6) is 0.875. The molecule has 2 fully saturated rings. The number of nitrogens with zero attached hydrogens (tertiary/aromatic N) is 3. The van der Waals surface area contributed by atoms with E-state index in [-0.39, 0.29) is 5.91 Å². The lowest BCUT2D eigenvalue weighted by atomic mass is 10.1. The number of likely N-dealkylation sites (N-methyl/N-ethyl adjacent to an activating group) is 1. The van der Waals surface area contributed by atoms with E-state index in [2.05, 4.69) is 29.1 Å². The van der Waals surface area contributed by atoms with Gasteiger partial charge in [0.1, 0.15) is 0 Å². The van der Waals surface area contributed by atoms with Gasteiger partial charge in [0.15, 0.2) is 0 Å². The minimum atomic E-state index is 0.256. The summed E-state index contributed by atoms with van der Waals surface area (Å²) in [4.78, 5) is 18.9. The molecule has 116 valence electrons. The quantitative estimate of drug-likeness (QED) is 0.749. The average Bonchev–Trinajstić information content (AvgIpc) is 2.92. The first-order chi connectivity index (χ1) is 9.65. The highest BCUT2D eigenvalue weighted by molar-refractivity contribution is 5.78. The van der Waals surface area contributed by atoms with E-state index in [4.69, 9.17) is 0 Å². The highest BCUT2D eigenvalue weighted by Gasteiger charge is 2.19. The van der Waals surface area contributed by atoms with Crippen LogP contribution in [0.15, 0.2) is 0 Å². The third-order valence-electron chi connectivity index (χ3n) is 4.39. The molecule has 1 amide bonds. The fraction of sp³-hybridized carbons (Fsp3) is 0.933. The van der Waals surface area contributed by atoms with Crippen molar-refractivity contribution in [2.24, 2.45) is 5.92 Å². The number of carbonyl (C=O) groups is 1. The first-order valence-corrected chi connectivity index (χ1v) is 8.04. The van der Waals surface area contributed by atoms with Crippen LogP contribution in [0.25, 0.3) is 0 Å². The summed E-state index contributed by atoms with van der Waals surface area (Å²) in [5.41, 5.74) is 0. The fourth-order valence-corrected chi connectivity index (χ4v) is 3.06. The Bertz CT molecular complexity index is 296. The van der Waals surface area contributed by atoms with Crippen LogP contribution in [0.1, 0.15) is 19.8 Å². The Labute approximate surface area is 123 Å². The summed E-state index contributed by atoms with van der Waals surface area (Å²) in [5, 5.41) is 3.34. The first kappa shape index (κ1) is 15.7. The molecule has 0 aromatic carbocycles. The molecule has 20 heavy (non-hydrogen) atoms. The zero-order chi connectivity index (χ0) is 14.4. The van der Waals surface area contributed by atoms with E-state index in [9.17, 15) is 4.79 Å². The second-order valence-corrected chi connectivity index (χ2v) is 6.43. The summed E-state index contributed by atoms with van der Waals surface area (Å²) in [6.07, 6.45) is 2.70. The fourth-order valence-electron chi connectivity index (χ4n) is 3.06. The Morgan fingerprint density at radius 3 is 2.40 bits per heavy atom. The normalized spacial score (nSPS) is 23.2. The van der Waals surface area contributed by atoms with E-state index in [1.807, 2.05) is 4.90 Å². The average molecular weight is 282 g/mol. The zero-order valence-corrected chi connectivity index (χ0v) is 13.1. The molecule has 0 radical (unpaired) electrons. The molecule has 2 rings (SSSR count). The lowest BCUT2D eigenvalue weighted by Crippen LogP contribution is -2.49. The second-order valence-electron chi connectivity index (χ2n) is 6.43. The SMILES string of the molecule is CC(CNCC(=O)N1CCN(C)CC1)CN1CCCC1. The molecular formula is C15H30N4O. The molecule has 0 bridgehead atoms. The highest BCUT2D eigenvalue weighted by atomic mass is 16.2. The molecule has 2 aliphatic heterocycles. The molecule has 5 heteroatoms. The largest absolute Gasteiger partial charge is 0.339 e. The van der Waals surface area contributed by atoms with Gasteiger partial charge in [-0.15, -0.1) is 0 Å². The highest BCUT2D eigenvalue weighted by Crippen LogP contribution is 2.09. The number of piperazine rings is 1. The van der Waals surface area contributed by atoms with Crippen molar-refractivity contribution in [2.75, 3.05) is 66.0 Å². The Kier molecular flexibility index (Phi) is 6.26. The number of likely N-dealkylation sites (tertiary alicyclic amines) is 1. The third-order valence-corrected chi connectivity index (χ3v) is 4.39. The molecule has 1 N–H and O–H groups in total. The van der Waals surface area contributed by atoms with Crippen molar-refractivity contribution < 1.29 is 4.79 Å². The number of amides is 1. The summed E-state index contributed by atoms with van der Waals surface area (Å²) in [6, 6.07) is 0. The second kappa shape index (κ2) is 7.96. The molecule has 0 aliphatic carbocycles. The molecule has 0 aromatic heterocycles. The van der Waals surface area contributed by atoms with E-state index in [0.717, 1.165) is 39.3 Å². The zero-order valence-electron chi connectivity index (χ0n) is 13.1. The van der Waals surface area contributed by atoms with Crippen LogP contribution in [0.4, 0.5) is 0 Å². The maximum absolute atomic E-state index is 12.1. The number of hydrogen-bond acceptors (Lipinski definition) is 4. The van der Waals surface area contributed by atoms with Gasteiger partial charge in [-0.05, 0) is 45.4 Å². The number of rotatable bonds is 6. The number of hydrogen-bond donors (Lipinski definition) is 1. The van der Waals surface area contributed by atoms with Gasteiger partial charge in [0, 0.05) is 32.7 Å². The van der Waals surface area contributed by atoms with Crippen LogP contribution >= 0.6 is 0 Å². The van der Waals surface area contributed by atoms with Crippen molar-refractivity contribution in [1.29, 1.82) is 0 Å². The van der Waals surface area contributed by atoms with Crippen molar-refractivity contribution in [3.63, 3.8) is 0 Å². The van der Waals surface area contributed by atoms with Crippen LogP contribution in [0, 0.1) is 5.92 Å². The Morgan fingerprint density at radius 1 is 1.10 bits per heavy atom. The van der Waals surface area contributed by atoms with Gasteiger partial charge in [-0.1, -0.05) is 6.92 Å². The minimum Gasteiger partial charge on any atom is -0.339 e. The number of carbonyl (C=O) groups excluding carboxylic acids is 1. The molecule has 1 unspecified atom stereocenters. The van der Waals surface area contributed by atoms with Crippen LogP contribution in [-0.4, -0.2) is 86.6 Å². The summed E-state index contributed by atoms with van der Waals surface area (Å²) in [6.45, 7) is 11.1. The Morgan fingerprint density at radius 2 is 1.75 bits per heavy atom. The van der Waals surface area contributed by atoms with Crippen molar-refractivity contribution >= 4 is 5.91 Å². The standard InChI is InChI=1S/C15H30N4O/c1-14(13-18-5-3-4-6-18)11-16-12-15(20)19-9-7-17(2)8-10-19/h14,16H,3-13H2,1-2H3. The molecule has 0 aromatic rings. The van der Waals surface area contributed by atoms with Crippen molar-refractivity contribution in [3.05, 3.63) is 0 Å². The van der Waals surface area contributed by atoms with Gasteiger partial charge in [0.2, 0.25) is 5.91 Å². The molecule has 0 saturated carbocycles. The van der Waals surface area contributed by atoms with E-state index >= 15 is 0 Å². The monoisotopic (exact) mass is 282 g/mol.